The number of nitrogens with zero attached hydrogens (tertiary/aromatic N) is 3. The molecule has 1 saturated heterocycles. The molecule has 37 heavy (non-hydrogen) atoms. The fraction of sp³-hybridized carbons (Fsp3) is 0.429. The van der Waals surface area contributed by atoms with Crippen LogP contribution in [-0.2, 0) is 16.0 Å². The lowest BCUT2D eigenvalue weighted by molar-refractivity contribution is -0.135. The Bertz CT molecular complexity index is 1170. The molecule has 196 valence electrons. The second-order valence-electron chi connectivity index (χ2n) is 9.19. The average Bonchev–Trinajstić information content (AvgIpc) is 3.41. The number of rotatable bonds is 10. The molecule has 9 nitrogen and oxygen atoms in total. The number of carbonyl (C=O) groups is 2. The lowest BCUT2D eigenvalue weighted by Crippen LogP contribution is -2.42. The van der Waals surface area contributed by atoms with Crippen molar-refractivity contribution in [3.63, 3.8) is 0 Å². The topological polar surface area (TPSA) is 115 Å². The predicted molar refractivity (Wildman–Crippen MR) is 135 cm³/mol. The zero-order valence-electron chi connectivity index (χ0n) is 21.2. The number of para-hydroxylation sites is 1. The monoisotopic (exact) mass is 507 g/mol. The molecule has 2 heterocycles. The SMILES string of the molecule is CCOC(=O)c1nnc(C(Cc2ccccc2)C(C)c2ccccc2OCC(=O)N2CCC(O)CC2)o1. The lowest BCUT2D eigenvalue weighted by Gasteiger charge is -2.30. The summed E-state index contributed by atoms with van der Waals surface area (Å²) in [6.45, 7) is 4.93. The first-order valence-electron chi connectivity index (χ1n) is 12.7. The van der Waals surface area contributed by atoms with Gasteiger partial charge in [0.2, 0.25) is 5.89 Å². The minimum Gasteiger partial charge on any atom is -0.483 e. The number of piperidine rings is 1. The van der Waals surface area contributed by atoms with E-state index in [9.17, 15) is 14.7 Å². The molecular weight excluding hydrogens is 474 g/mol. The van der Waals surface area contributed by atoms with Gasteiger partial charge in [0.1, 0.15) is 5.75 Å². The number of benzene rings is 2. The summed E-state index contributed by atoms with van der Waals surface area (Å²) < 4.78 is 16.8. The number of aliphatic hydroxyl groups is 1. The van der Waals surface area contributed by atoms with Gasteiger partial charge in [-0.15, -0.1) is 10.2 Å². The molecular formula is C28H33N3O6. The molecule has 1 aromatic heterocycles. The maximum atomic E-state index is 12.7. The Morgan fingerprint density at radius 3 is 2.51 bits per heavy atom. The smallest absolute Gasteiger partial charge is 0.396 e. The van der Waals surface area contributed by atoms with Crippen LogP contribution >= 0.6 is 0 Å². The number of ether oxygens (including phenoxy) is 2. The second-order valence-corrected chi connectivity index (χ2v) is 9.19. The van der Waals surface area contributed by atoms with Crippen LogP contribution in [0, 0.1) is 0 Å². The first-order valence-corrected chi connectivity index (χ1v) is 12.7. The zero-order valence-corrected chi connectivity index (χ0v) is 21.2. The van der Waals surface area contributed by atoms with Gasteiger partial charge in [-0.05, 0) is 49.3 Å². The molecule has 1 N–H and O–H groups in total. The molecule has 1 amide bonds. The van der Waals surface area contributed by atoms with Crippen molar-refractivity contribution in [2.45, 2.75) is 51.0 Å². The van der Waals surface area contributed by atoms with Crippen LogP contribution in [0.4, 0.5) is 0 Å². The minimum atomic E-state index is -0.653. The highest BCUT2D eigenvalue weighted by atomic mass is 16.5. The normalized spacial score (nSPS) is 15.7. The van der Waals surface area contributed by atoms with E-state index in [1.165, 1.54) is 0 Å². The Morgan fingerprint density at radius 1 is 1.08 bits per heavy atom. The number of hydrogen-bond donors (Lipinski definition) is 1. The fourth-order valence-electron chi connectivity index (χ4n) is 4.56. The van der Waals surface area contributed by atoms with Crippen LogP contribution in [0.15, 0.2) is 59.0 Å². The summed E-state index contributed by atoms with van der Waals surface area (Å²) in [5.41, 5.74) is 1.97. The average molecular weight is 508 g/mol. The molecule has 4 rings (SSSR count). The van der Waals surface area contributed by atoms with Gasteiger partial charge >= 0.3 is 11.9 Å². The van der Waals surface area contributed by atoms with Crippen molar-refractivity contribution < 1.29 is 28.6 Å². The molecule has 2 aromatic carbocycles. The Balaban J connectivity index is 1.55. The Kier molecular flexibility index (Phi) is 8.90. The van der Waals surface area contributed by atoms with Crippen LogP contribution in [0.25, 0.3) is 0 Å². The largest absolute Gasteiger partial charge is 0.483 e. The van der Waals surface area contributed by atoms with Crippen molar-refractivity contribution >= 4 is 11.9 Å². The summed E-state index contributed by atoms with van der Waals surface area (Å²) in [7, 11) is 0. The number of aromatic nitrogens is 2. The van der Waals surface area contributed by atoms with E-state index in [1.807, 2.05) is 61.5 Å². The molecule has 0 aliphatic carbocycles. The molecule has 1 aliphatic heterocycles. The summed E-state index contributed by atoms with van der Waals surface area (Å²) in [5.74, 6) is -0.412. The van der Waals surface area contributed by atoms with Gasteiger partial charge < -0.3 is 23.9 Å². The van der Waals surface area contributed by atoms with E-state index in [0.29, 0.717) is 44.0 Å². The molecule has 0 saturated carbocycles. The van der Waals surface area contributed by atoms with Gasteiger partial charge in [0, 0.05) is 19.0 Å². The third-order valence-corrected chi connectivity index (χ3v) is 6.69. The molecule has 3 aromatic rings. The van der Waals surface area contributed by atoms with E-state index >= 15 is 0 Å². The van der Waals surface area contributed by atoms with E-state index in [0.717, 1.165) is 11.1 Å². The molecule has 2 atom stereocenters. The zero-order chi connectivity index (χ0) is 26.2. The van der Waals surface area contributed by atoms with E-state index in [4.69, 9.17) is 13.9 Å². The van der Waals surface area contributed by atoms with Crippen LogP contribution < -0.4 is 4.74 Å². The van der Waals surface area contributed by atoms with Crippen molar-refractivity contribution in [1.29, 1.82) is 0 Å². The van der Waals surface area contributed by atoms with E-state index < -0.39 is 5.97 Å². The highest BCUT2D eigenvalue weighted by Crippen LogP contribution is 2.39. The van der Waals surface area contributed by atoms with E-state index in [2.05, 4.69) is 10.2 Å². The Morgan fingerprint density at radius 2 is 1.78 bits per heavy atom. The van der Waals surface area contributed by atoms with Crippen molar-refractivity contribution in [3.05, 3.63) is 77.5 Å². The molecule has 2 unspecified atom stereocenters. The number of hydrogen-bond acceptors (Lipinski definition) is 8. The fourth-order valence-corrected chi connectivity index (χ4v) is 4.56. The van der Waals surface area contributed by atoms with Gasteiger partial charge in [-0.1, -0.05) is 55.5 Å². The van der Waals surface area contributed by atoms with Gasteiger partial charge in [-0.3, -0.25) is 4.79 Å². The number of likely N-dealkylation sites (tertiary alicyclic amines) is 1. The minimum absolute atomic E-state index is 0.0866. The number of amides is 1. The van der Waals surface area contributed by atoms with Crippen molar-refractivity contribution in [2.24, 2.45) is 0 Å². The van der Waals surface area contributed by atoms with Crippen molar-refractivity contribution in [1.82, 2.24) is 15.1 Å². The summed E-state index contributed by atoms with van der Waals surface area (Å²) in [5, 5.41) is 17.8. The molecule has 1 fully saturated rings. The summed E-state index contributed by atoms with van der Waals surface area (Å²) in [6.07, 6.45) is 1.41. The van der Waals surface area contributed by atoms with Crippen LogP contribution in [0.2, 0.25) is 0 Å². The second kappa shape index (κ2) is 12.5. The van der Waals surface area contributed by atoms with E-state index in [1.54, 1.807) is 11.8 Å². The predicted octanol–water partition coefficient (Wildman–Crippen LogP) is 3.74. The van der Waals surface area contributed by atoms with Crippen LogP contribution in [0.3, 0.4) is 0 Å². The maximum absolute atomic E-state index is 12.7. The summed E-state index contributed by atoms with van der Waals surface area (Å²) in [4.78, 5) is 26.6. The molecule has 0 bridgehead atoms. The van der Waals surface area contributed by atoms with Gasteiger partial charge in [0.15, 0.2) is 6.61 Å². The molecule has 1 aliphatic rings. The van der Waals surface area contributed by atoms with Crippen molar-refractivity contribution in [3.8, 4) is 5.75 Å². The lowest BCUT2D eigenvalue weighted by atomic mass is 9.83. The van der Waals surface area contributed by atoms with E-state index in [-0.39, 0.29) is 43.0 Å². The Labute approximate surface area is 216 Å². The van der Waals surface area contributed by atoms with Gasteiger partial charge in [0.05, 0.1) is 12.7 Å². The van der Waals surface area contributed by atoms with Crippen LogP contribution in [0.5, 0.6) is 5.75 Å². The maximum Gasteiger partial charge on any atom is 0.396 e. The van der Waals surface area contributed by atoms with Gasteiger partial charge in [-0.25, -0.2) is 4.79 Å². The summed E-state index contributed by atoms with van der Waals surface area (Å²) in [6, 6.07) is 17.5. The molecule has 9 heteroatoms. The summed E-state index contributed by atoms with van der Waals surface area (Å²) >= 11 is 0. The Hall–Kier alpha value is -3.72. The first kappa shape index (κ1) is 26.3. The number of esters is 1. The highest BCUT2D eigenvalue weighted by Gasteiger charge is 2.30. The first-order chi connectivity index (χ1) is 18.0. The van der Waals surface area contributed by atoms with Gasteiger partial charge in [0.25, 0.3) is 5.91 Å². The van der Waals surface area contributed by atoms with Crippen LogP contribution in [-0.4, -0.2) is 64.5 Å². The van der Waals surface area contributed by atoms with Gasteiger partial charge in [-0.2, -0.15) is 0 Å². The quantitative estimate of drug-likeness (QED) is 0.413. The third-order valence-electron chi connectivity index (χ3n) is 6.69. The van der Waals surface area contributed by atoms with Crippen LogP contribution in [0.1, 0.15) is 66.2 Å². The molecule has 0 radical (unpaired) electrons. The standard InChI is InChI=1S/C28H33N3O6/c1-3-35-28(34)27-30-29-26(37-27)23(17-20-9-5-4-6-10-20)19(2)22-11-7-8-12-24(22)36-18-25(33)31-15-13-21(32)14-16-31/h4-12,19,21,23,32H,3,13-18H2,1-2H3. The van der Waals surface area contributed by atoms with Crippen molar-refractivity contribution in [2.75, 3.05) is 26.3 Å². The highest BCUT2D eigenvalue weighted by molar-refractivity contribution is 5.83. The molecule has 0 spiro atoms. The number of aliphatic hydroxyl groups excluding tert-OH is 1. The number of carbonyl (C=O) groups excluding carboxylic acids is 2. The third kappa shape index (κ3) is 6.74.